The van der Waals surface area contributed by atoms with Crippen molar-refractivity contribution in [2.45, 2.75) is 10.6 Å². The molecule has 8 heteroatoms. The molecule has 2 heterocycles. The van der Waals surface area contributed by atoms with Crippen LogP contribution in [0, 0.1) is 5.82 Å². The van der Waals surface area contributed by atoms with Crippen LogP contribution in [0.2, 0.25) is 0 Å². The van der Waals surface area contributed by atoms with Gasteiger partial charge in [-0.3, -0.25) is 9.78 Å². The van der Waals surface area contributed by atoms with Crippen molar-refractivity contribution < 1.29 is 4.39 Å². The zero-order valence-corrected chi connectivity index (χ0v) is 20.7. The highest BCUT2D eigenvalue weighted by Gasteiger charge is 2.13. The number of thioether (sulfide) groups is 1. The average molecular weight is 545 g/mol. The Bertz CT molecular complexity index is 1590. The number of fused-ring (bicyclic) bond motifs is 1. The molecule has 5 nitrogen and oxygen atoms in total. The van der Waals surface area contributed by atoms with E-state index in [9.17, 15) is 9.18 Å². The van der Waals surface area contributed by atoms with Crippen molar-refractivity contribution in [3.63, 3.8) is 0 Å². The van der Waals surface area contributed by atoms with Gasteiger partial charge in [0, 0.05) is 33.1 Å². The molecule has 0 amide bonds. The Kier molecular flexibility index (Phi) is 6.83. The highest BCUT2D eigenvalue weighted by atomic mass is 79.9. The summed E-state index contributed by atoms with van der Waals surface area (Å²) in [5, 5.41) is 4.90. The zero-order chi connectivity index (χ0) is 24.2. The molecule has 0 aliphatic carbocycles. The standard InChI is InChI=1S/C27H18BrFN4OS/c28-21-6-9-25-24(15-21)27(34)33(31-16-18-4-7-22(29)8-5-18)26(32-25)20-3-1-2-19(14-20)17-35-23-10-12-30-13-11-23/h1-16H,17H2. The Labute approximate surface area is 213 Å². The smallest absolute Gasteiger partial charge is 0.267 e. The normalized spacial score (nSPS) is 11.4. The summed E-state index contributed by atoms with van der Waals surface area (Å²) >= 11 is 5.13. The monoisotopic (exact) mass is 544 g/mol. The summed E-state index contributed by atoms with van der Waals surface area (Å²) in [6, 6.07) is 23.2. The molecule has 2 aromatic heterocycles. The van der Waals surface area contributed by atoms with Crippen LogP contribution in [0.15, 0.2) is 111 Å². The van der Waals surface area contributed by atoms with Gasteiger partial charge in [-0.2, -0.15) is 9.78 Å². The largest absolute Gasteiger partial charge is 0.282 e. The van der Waals surface area contributed by atoms with Crippen molar-refractivity contribution in [1.29, 1.82) is 0 Å². The van der Waals surface area contributed by atoms with Gasteiger partial charge in [0.1, 0.15) is 5.82 Å². The SMILES string of the molecule is O=c1c2cc(Br)ccc2nc(-c2cccc(CSc3ccncc3)c2)n1N=Cc1ccc(F)cc1. The minimum absolute atomic E-state index is 0.291. The topological polar surface area (TPSA) is 60.1 Å². The van der Waals surface area contributed by atoms with E-state index in [0.717, 1.165) is 26.2 Å². The first-order chi connectivity index (χ1) is 17.1. The second kappa shape index (κ2) is 10.3. The number of halogens is 2. The van der Waals surface area contributed by atoms with Crippen LogP contribution in [0.1, 0.15) is 11.1 Å². The van der Waals surface area contributed by atoms with E-state index in [4.69, 9.17) is 4.98 Å². The van der Waals surface area contributed by atoms with Crippen molar-refractivity contribution in [2.24, 2.45) is 5.10 Å². The molecule has 0 fully saturated rings. The van der Waals surface area contributed by atoms with Crippen LogP contribution in [-0.4, -0.2) is 20.9 Å². The Morgan fingerprint density at radius 3 is 2.60 bits per heavy atom. The van der Waals surface area contributed by atoms with Gasteiger partial charge in [-0.05, 0) is 59.7 Å². The van der Waals surface area contributed by atoms with Crippen molar-refractivity contribution in [2.75, 3.05) is 0 Å². The number of aromatic nitrogens is 3. The molecular formula is C27H18BrFN4OS. The van der Waals surface area contributed by atoms with E-state index in [2.05, 4.69) is 26.0 Å². The quantitative estimate of drug-likeness (QED) is 0.180. The molecule has 0 spiro atoms. The number of hydrogen-bond donors (Lipinski definition) is 0. The first-order valence-electron chi connectivity index (χ1n) is 10.7. The lowest BCUT2D eigenvalue weighted by Gasteiger charge is -2.11. The summed E-state index contributed by atoms with van der Waals surface area (Å²) in [5.74, 6) is 0.846. The van der Waals surface area contributed by atoms with Gasteiger partial charge in [0.05, 0.1) is 17.1 Å². The summed E-state index contributed by atoms with van der Waals surface area (Å²) < 4.78 is 15.4. The molecule has 3 aromatic carbocycles. The lowest BCUT2D eigenvalue weighted by Crippen LogP contribution is -2.20. The van der Waals surface area contributed by atoms with Gasteiger partial charge in [-0.25, -0.2) is 9.37 Å². The lowest BCUT2D eigenvalue weighted by atomic mass is 10.1. The molecule has 0 N–H and O–H groups in total. The van der Waals surface area contributed by atoms with Gasteiger partial charge in [-0.15, -0.1) is 11.8 Å². The third-order valence-corrected chi connectivity index (χ3v) is 6.82. The van der Waals surface area contributed by atoms with Crippen LogP contribution in [0.4, 0.5) is 4.39 Å². The Morgan fingerprint density at radius 2 is 1.80 bits per heavy atom. The van der Waals surface area contributed by atoms with Crippen LogP contribution < -0.4 is 5.56 Å². The van der Waals surface area contributed by atoms with E-state index >= 15 is 0 Å². The van der Waals surface area contributed by atoms with Gasteiger partial charge in [0.25, 0.3) is 5.56 Å². The van der Waals surface area contributed by atoms with E-state index in [-0.39, 0.29) is 11.4 Å². The predicted octanol–water partition coefficient (Wildman–Crippen LogP) is 6.53. The van der Waals surface area contributed by atoms with E-state index in [1.54, 1.807) is 42.4 Å². The second-order valence-corrected chi connectivity index (χ2v) is 9.65. The maximum atomic E-state index is 13.5. The molecular weight excluding hydrogens is 527 g/mol. The number of hydrogen-bond acceptors (Lipinski definition) is 5. The summed E-state index contributed by atoms with van der Waals surface area (Å²) in [5.41, 5.74) is 2.82. The third kappa shape index (κ3) is 5.39. The summed E-state index contributed by atoms with van der Waals surface area (Å²) in [6.45, 7) is 0. The lowest BCUT2D eigenvalue weighted by molar-refractivity contribution is 0.628. The molecule has 0 saturated heterocycles. The molecule has 0 unspecified atom stereocenters. The molecule has 5 rings (SSSR count). The third-order valence-electron chi connectivity index (χ3n) is 5.24. The van der Waals surface area contributed by atoms with Gasteiger partial charge >= 0.3 is 0 Å². The van der Waals surface area contributed by atoms with Crippen molar-refractivity contribution in [1.82, 2.24) is 14.6 Å². The van der Waals surface area contributed by atoms with Crippen molar-refractivity contribution >= 4 is 44.8 Å². The Balaban J connectivity index is 1.58. The highest BCUT2D eigenvalue weighted by molar-refractivity contribution is 9.10. The van der Waals surface area contributed by atoms with Gasteiger partial charge in [-0.1, -0.05) is 46.3 Å². The molecule has 0 aliphatic rings. The van der Waals surface area contributed by atoms with Gasteiger partial charge in [0.2, 0.25) is 0 Å². The highest BCUT2D eigenvalue weighted by Crippen LogP contribution is 2.26. The maximum absolute atomic E-state index is 13.5. The van der Waals surface area contributed by atoms with E-state index < -0.39 is 0 Å². The fourth-order valence-corrected chi connectivity index (χ4v) is 4.71. The van der Waals surface area contributed by atoms with Gasteiger partial charge < -0.3 is 0 Å². The molecule has 0 saturated carbocycles. The zero-order valence-electron chi connectivity index (χ0n) is 18.3. The Morgan fingerprint density at radius 1 is 1.00 bits per heavy atom. The molecule has 172 valence electrons. The van der Waals surface area contributed by atoms with Crippen LogP contribution in [0.3, 0.4) is 0 Å². The molecule has 0 atom stereocenters. The second-order valence-electron chi connectivity index (χ2n) is 7.68. The predicted molar refractivity (Wildman–Crippen MR) is 142 cm³/mol. The fraction of sp³-hybridized carbons (Fsp3) is 0.0370. The number of pyridine rings is 1. The molecule has 0 bridgehead atoms. The van der Waals surface area contributed by atoms with Crippen LogP contribution in [0.25, 0.3) is 22.3 Å². The van der Waals surface area contributed by atoms with Crippen molar-refractivity contribution in [3.05, 3.63) is 123 Å². The van der Waals surface area contributed by atoms with Crippen molar-refractivity contribution in [3.8, 4) is 11.4 Å². The first-order valence-corrected chi connectivity index (χ1v) is 12.5. The summed E-state index contributed by atoms with van der Waals surface area (Å²) in [6.07, 6.45) is 5.07. The van der Waals surface area contributed by atoms with Crippen LogP contribution in [0.5, 0.6) is 0 Å². The maximum Gasteiger partial charge on any atom is 0.282 e. The molecule has 0 radical (unpaired) electrons. The molecule has 0 aliphatic heterocycles. The minimum atomic E-state index is -0.335. The van der Waals surface area contributed by atoms with Gasteiger partial charge in [0.15, 0.2) is 5.82 Å². The molecule has 5 aromatic rings. The first kappa shape index (κ1) is 23.1. The number of benzene rings is 3. The van der Waals surface area contributed by atoms with E-state index in [1.807, 2.05) is 48.5 Å². The van der Waals surface area contributed by atoms with E-state index in [1.165, 1.54) is 23.0 Å². The van der Waals surface area contributed by atoms with E-state index in [0.29, 0.717) is 22.3 Å². The Hall–Kier alpha value is -3.62. The van der Waals surface area contributed by atoms with Crippen LogP contribution in [-0.2, 0) is 5.75 Å². The summed E-state index contributed by atoms with van der Waals surface area (Å²) in [7, 11) is 0. The molecule has 35 heavy (non-hydrogen) atoms. The average Bonchev–Trinajstić information content (AvgIpc) is 2.89. The fourth-order valence-electron chi connectivity index (χ4n) is 3.52. The number of rotatable bonds is 6. The summed E-state index contributed by atoms with van der Waals surface area (Å²) in [4.78, 5) is 23.4. The number of nitrogens with zero attached hydrogens (tertiary/aromatic N) is 4. The minimum Gasteiger partial charge on any atom is -0.267 e. The van der Waals surface area contributed by atoms with Crippen LogP contribution >= 0.6 is 27.7 Å².